The van der Waals surface area contributed by atoms with Gasteiger partial charge in [0.15, 0.2) is 0 Å². The fourth-order valence-corrected chi connectivity index (χ4v) is 2.49. The maximum Gasteiger partial charge on any atom is 0.345 e. The third-order valence-corrected chi connectivity index (χ3v) is 4.48. The Morgan fingerprint density at radius 2 is 1.65 bits per heavy atom. The molecule has 0 unspecified atom stereocenters. The third-order valence-electron chi connectivity index (χ3n) is 1.94. The summed E-state index contributed by atoms with van der Waals surface area (Å²) in [6, 6.07) is 0. The normalized spacial score (nSPS) is 11.9. The van der Waals surface area contributed by atoms with Gasteiger partial charge in [0.2, 0.25) is 0 Å². The summed E-state index contributed by atoms with van der Waals surface area (Å²) < 4.78 is 25.4. The van der Waals surface area contributed by atoms with Crippen LogP contribution >= 0.6 is 7.67 Å². The van der Waals surface area contributed by atoms with Gasteiger partial charge in [-0.2, -0.15) is 0 Å². The summed E-state index contributed by atoms with van der Waals surface area (Å²) in [6.07, 6.45) is 0. The van der Waals surface area contributed by atoms with Crippen molar-refractivity contribution in [1.82, 2.24) is 9.34 Å². The molecule has 6 nitrogen and oxygen atoms in total. The Kier molecular flexibility index (Phi) is 6.64. The average Bonchev–Trinajstić information content (AvgIpc) is 2.22. The fourth-order valence-electron chi connectivity index (χ4n) is 1.00. The molecular formula is C10H21N2O4P. The SMILES string of the molecule is C=C(C)C(=O)OCCOP(=O)(N(C)C)N(C)C. The molecule has 17 heavy (non-hydrogen) atoms. The predicted octanol–water partition coefficient (Wildman–Crippen LogP) is 1.35. The molecule has 0 fully saturated rings. The lowest BCUT2D eigenvalue weighted by molar-refractivity contribution is -0.139. The first-order valence-corrected chi connectivity index (χ1v) is 6.67. The van der Waals surface area contributed by atoms with Crippen LogP contribution in [0.15, 0.2) is 12.2 Å². The van der Waals surface area contributed by atoms with Gasteiger partial charge in [0.05, 0.1) is 6.61 Å². The molecule has 7 heteroatoms. The van der Waals surface area contributed by atoms with Crippen molar-refractivity contribution in [1.29, 1.82) is 0 Å². The number of hydrogen-bond donors (Lipinski definition) is 0. The van der Waals surface area contributed by atoms with Crippen LogP contribution in [-0.4, -0.2) is 56.7 Å². The molecule has 0 amide bonds. The van der Waals surface area contributed by atoms with Crippen molar-refractivity contribution >= 4 is 13.6 Å². The second-order valence-corrected chi connectivity index (χ2v) is 6.77. The molecule has 0 spiro atoms. The van der Waals surface area contributed by atoms with Crippen LogP contribution in [0, 0.1) is 0 Å². The molecule has 0 aliphatic rings. The molecule has 0 aliphatic carbocycles. The van der Waals surface area contributed by atoms with E-state index in [9.17, 15) is 9.36 Å². The van der Waals surface area contributed by atoms with E-state index in [4.69, 9.17) is 9.26 Å². The minimum atomic E-state index is -2.99. The molecule has 0 aromatic carbocycles. The smallest absolute Gasteiger partial charge is 0.345 e. The molecule has 0 aliphatic heterocycles. The first-order chi connectivity index (χ1) is 7.71. The number of nitrogens with zero attached hydrogens (tertiary/aromatic N) is 2. The lowest BCUT2D eigenvalue weighted by Gasteiger charge is -2.29. The zero-order valence-electron chi connectivity index (χ0n) is 11.1. The Hall–Kier alpha value is -0.680. The van der Waals surface area contributed by atoms with Crippen molar-refractivity contribution < 1.29 is 18.6 Å². The van der Waals surface area contributed by atoms with Crippen LogP contribution < -0.4 is 0 Å². The van der Waals surface area contributed by atoms with E-state index in [1.165, 1.54) is 9.34 Å². The van der Waals surface area contributed by atoms with Gasteiger partial charge in [0.1, 0.15) is 6.61 Å². The van der Waals surface area contributed by atoms with E-state index >= 15 is 0 Å². The van der Waals surface area contributed by atoms with E-state index in [-0.39, 0.29) is 13.2 Å². The highest BCUT2D eigenvalue weighted by Crippen LogP contribution is 2.50. The molecule has 0 aromatic rings. The van der Waals surface area contributed by atoms with Crippen molar-refractivity contribution in [3.05, 3.63) is 12.2 Å². The molecule has 0 saturated heterocycles. The van der Waals surface area contributed by atoms with Gasteiger partial charge in [-0.15, -0.1) is 0 Å². The predicted molar refractivity (Wildman–Crippen MR) is 66.7 cm³/mol. The molecule has 0 rings (SSSR count). The van der Waals surface area contributed by atoms with Crippen LogP contribution in [-0.2, 0) is 18.6 Å². The van der Waals surface area contributed by atoms with Crippen LogP contribution in [0.3, 0.4) is 0 Å². The summed E-state index contributed by atoms with van der Waals surface area (Å²) >= 11 is 0. The lowest BCUT2D eigenvalue weighted by atomic mass is 10.4. The van der Waals surface area contributed by atoms with Crippen LogP contribution in [0.25, 0.3) is 0 Å². The van der Waals surface area contributed by atoms with Gasteiger partial charge in [-0.25, -0.2) is 14.1 Å². The maximum absolute atomic E-state index is 12.3. The molecule has 0 atom stereocenters. The maximum atomic E-state index is 12.3. The van der Waals surface area contributed by atoms with E-state index in [1.807, 2.05) is 0 Å². The quantitative estimate of drug-likeness (QED) is 0.299. The number of hydrogen-bond acceptors (Lipinski definition) is 4. The summed E-state index contributed by atoms with van der Waals surface area (Å²) in [4.78, 5) is 11.1. The molecule has 0 radical (unpaired) electrons. The zero-order chi connectivity index (χ0) is 13.6. The Balaban J connectivity index is 4.14. The van der Waals surface area contributed by atoms with E-state index in [2.05, 4.69) is 6.58 Å². The lowest BCUT2D eigenvalue weighted by Crippen LogP contribution is -2.24. The number of carbonyl (C=O) groups is 1. The topological polar surface area (TPSA) is 59.1 Å². The van der Waals surface area contributed by atoms with E-state index in [0.29, 0.717) is 5.57 Å². The Labute approximate surface area is 103 Å². The second-order valence-electron chi connectivity index (χ2n) is 3.93. The van der Waals surface area contributed by atoms with Crippen LogP contribution in [0.1, 0.15) is 6.92 Å². The number of esters is 1. The summed E-state index contributed by atoms with van der Waals surface area (Å²) in [7, 11) is 3.68. The molecule has 0 heterocycles. The molecular weight excluding hydrogens is 243 g/mol. The van der Waals surface area contributed by atoms with Gasteiger partial charge >= 0.3 is 13.6 Å². The van der Waals surface area contributed by atoms with Gasteiger partial charge in [0.25, 0.3) is 0 Å². The first kappa shape index (κ1) is 16.3. The fraction of sp³-hybridized carbons (Fsp3) is 0.700. The van der Waals surface area contributed by atoms with Gasteiger partial charge in [-0.3, -0.25) is 4.57 Å². The van der Waals surface area contributed by atoms with Crippen molar-refractivity contribution in [2.75, 3.05) is 41.4 Å². The largest absolute Gasteiger partial charge is 0.460 e. The molecule has 0 saturated carbocycles. The summed E-state index contributed by atoms with van der Waals surface area (Å²) in [5.41, 5.74) is 0.327. The number of carbonyl (C=O) groups excluding carboxylic acids is 1. The highest BCUT2D eigenvalue weighted by atomic mass is 31.2. The Morgan fingerprint density at radius 3 is 2.00 bits per heavy atom. The van der Waals surface area contributed by atoms with E-state index in [0.717, 1.165) is 0 Å². The Bertz CT molecular complexity index is 316. The first-order valence-electron chi connectivity index (χ1n) is 5.14. The minimum absolute atomic E-state index is 0.0529. The van der Waals surface area contributed by atoms with Gasteiger partial charge in [-0.05, 0) is 35.1 Å². The molecule has 0 bridgehead atoms. The van der Waals surface area contributed by atoms with Crippen molar-refractivity contribution in [2.45, 2.75) is 6.92 Å². The highest BCUT2D eigenvalue weighted by molar-refractivity contribution is 7.53. The molecule has 0 aromatic heterocycles. The monoisotopic (exact) mass is 264 g/mol. The molecule has 100 valence electrons. The minimum Gasteiger partial charge on any atom is -0.460 e. The molecule has 0 N–H and O–H groups in total. The zero-order valence-corrected chi connectivity index (χ0v) is 12.0. The third kappa shape index (κ3) is 5.00. The van der Waals surface area contributed by atoms with Crippen molar-refractivity contribution in [3.8, 4) is 0 Å². The number of ether oxygens (including phenoxy) is 1. The van der Waals surface area contributed by atoms with E-state index in [1.54, 1.807) is 35.1 Å². The van der Waals surface area contributed by atoms with Gasteiger partial charge in [-0.1, -0.05) is 6.58 Å². The summed E-state index contributed by atoms with van der Waals surface area (Å²) in [5.74, 6) is -0.474. The van der Waals surface area contributed by atoms with Crippen molar-refractivity contribution in [2.24, 2.45) is 0 Å². The van der Waals surface area contributed by atoms with Gasteiger partial charge in [0, 0.05) is 5.57 Å². The summed E-state index contributed by atoms with van der Waals surface area (Å²) in [6.45, 7) is 5.14. The average molecular weight is 264 g/mol. The Morgan fingerprint density at radius 1 is 1.18 bits per heavy atom. The van der Waals surface area contributed by atoms with Crippen LogP contribution in [0.2, 0.25) is 0 Å². The second kappa shape index (κ2) is 6.91. The van der Waals surface area contributed by atoms with E-state index < -0.39 is 13.6 Å². The standard InChI is InChI=1S/C10H21N2O4P/c1-9(2)10(13)15-7-8-16-17(14,11(3)4)12(5)6/h1,7-8H2,2-6H3. The highest BCUT2D eigenvalue weighted by Gasteiger charge is 2.29. The summed E-state index contributed by atoms with van der Waals surface area (Å²) in [5, 5.41) is 0. The van der Waals surface area contributed by atoms with Gasteiger partial charge < -0.3 is 9.26 Å². The van der Waals surface area contributed by atoms with Crippen LogP contribution in [0.5, 0.6) is 0 Å². The van der Waals surface area contributed by atoms with Crippen LogP contribution in [0.4, 0.5) is 0 Å². The number of rotatable bonds is 7. The van der Waals surface area contributed by atoms with Crippen molar-refractivity contribution in [3.63, 3.8) is 0 Å².